The van der Waals surface area contributed by atoms with Crippen molar-refractivity contribution in [3.63, 3.8) is 0 Å². The summed E-state index contributed by atoms with van der Waals surface area (Å²) in [5.41, 5.74) is 2.22. The van der Waals surface area contributed by atoms with Crippen molar-refractivity contribution in [3.8, 4) is 11.5 Å². The van der Waals surface area contributed by atoms with E-state index in [-0.39, 0.29) is 18.2 Å². The molecule has 0 radical (unpaired) electrons. The minimum atomic E-state index is -0.431. The molecule has 35 heavy (non-hydrogen) atoms. The molecule has 0 spiro atoms. The van der Waals surface area contributed by atoms with Crippen LogP contribution in [0.25, 0.3) is 6.08 Å². The van der Waals surface area contributed by atoms with Gasteiger partial charge in [-0.1, -0.05) is 72.5 Å². The zero-order valence-corrected chi connectivity index (χ0v) is 20.5. The fraction of sp³-hybridized carbons (Fsp3) is 0.154. The second-order valence-electron chi connectivity index (χ2n) is 7.57. The Hall–Kier alpha value is -3.69. The fourth-order valence-corrected chi connectivity index (χ4v) is 4.78. The highest BCUT2D eigenvalue weighted by Gasteiger charge is 2.32. The zero-order valence-electron chi connectivity index (χ0n) is 18.9. The van der Waals surface area contributed by atoms with Crippen molar-refractivity contribution in [2.75, 3.05) is 6.61 Å². The summed E-state index contributed by atoms with van der Waals surface area (Å²) in [5.74, 6) is 0.803. The van der Waals surface area contributed by atoms with Gasteiger partial charge in [0.2, 0.25) is 0 Å². The monoisotopic (exact) mass is 506 g/mol. The van der Waals surface area contributed by atoms with Crippen LogP contribution in [0.15, 0.2) is 77.7 Å². The number of rotatable bonds is 9. The third-order valence-corrected chi connectivity index (χ3v) is 6.57. The van der Waals surface area contributed by atoms with E-state index in [1.54, 1.807) is 47.4 Å². The molecule has 3 aromatic rings. The smallest absolute Gasteiger partial charge is 0.276 e. The number of nitrogens with zero attached hydrogens (tertiary/aromatic N) is 2. The van der Waals surface area contributed by atoms with Gasteiger partial charge >= 0.3 is 0 Å². The Bertz CT molecular complexity index is 1290. The van der Waals surface area contributed by atoms with E-state index in [0.717, 1.165) is 11.1 Å². The van der Waals surface area contributed by atoms with Crippen molar-refractivity contribution in [1.82, 2.24) is 4.90 Å². The number of ether oxygens (including phenoxy) is 2. The maximum absolute atomic E-state index is 13.0. The molecule has 178 valence electrons. The van der Waals surface area contributed by atoms with Gasteiger partial charge in [-0.2, -0.15) is 0 Å². The first-order valence-corrected chi connectivity index (χ1v) is 12.1. The average molecular weight is 507 g/mol. The van der Waals surface area contributed by atoms with Crippen LogP contribution in [-0.4, -0.2) is 26.7 Å². The van der Waals surface area contributed by atoms with Crippen molar-refractivity contribution >= 4 is 46.0 Å². The van der Waals surface area contributed by atoms with Gasteiger partial charge in [-0.05, 0) is 42.3 Å². The lowest BCUT2D eigenvalue weighted by atomic mass is 10.1. The highest BCUT2D eigenvalue weighted by Crippen LogP contribution is 2.36. The Balaban J connectivity index is 1.52. The van der Waals surface area contributed by atoms with Crippen molar-refractivity contribution in [2.24, 2.45) is 0 Å². The number of thiocarbonyl (C=S) groups is 1. The highest BCUT2D eigenvalue weighted by atomic mass is 32.2. The van der Waals surface area contributed by atoms with Gasteiger partial charge in [-0.25, -0.2) is 0 Å². The number of nitro groups is 1. The molecule has 0 bridgehead atoms. The molecule has 1 saturated heterocycles. The van der Waals surface area contributed by atoms with Crippen LogP contribution in [0.3, 0.4) is 0 Å². The van der Waals surface area contributed by atoms with Gasteiger partial charge in [0.25, 0.3) is 11.6 Å². The highest BCUT2D eigenvalue weighted by molar-refractivity contribution is 8.26. The SMILES string of the molecule is CCOc1cc(C=C2SC(=S)N(Cc3ccccc3)C2=O)ccc1OCc1ccccc1[N+](=O)[O-]. The van der Waals surface area contributed by atoms with E-state index < -0.39 is 4.92 Å². The van der Waals surface area contributed by atoms with E-state index >= 15 is 0 Å². The summed E-state index contributed by atoms with van der Waals surface area (Å²) >= 11 is 6.71. The van der Waals surface area contributed by atoms with Crippen molar-refractivity contribution in [3.05, 3.63) is 105 Å². The Morgan fingerprint density at radius 3 is 2.51 bits per heavy atom. The summed E-state index contributed by atoms with van der Waals surface area (Å²) in [6, 6.07) is 21.5. The average Bonchev–Trinajstić information content (AvgIpc) is 3.12. The molecule has 0 atom stereocenters. The molecule has 7 nitrogen and oxygen atoms in total. The third-order valence-electron chi connectivity index (χ3n) is 5.19. The Morgan fingerprint density at radius 2 is 1.77 bits per heavy atom. The van der Waals surface area contributed by atoms with Crippen LogP contribution in [0.5, 0.6) is 11.5 Å². The van der Waals surface area contributed by atoms with E-state index in [9.17, 15) is 14.9 Å². The number of carbonyl (C=O) groups excluding carboxylic acids is 1. The van der Waals surface area contributed by atoms with Crippen LogP contribution in [0.2, 0.25) is 0 Å². The number of hydrogen-bond acceptors (Lipinski definition) is 7. The lowest BCUT2D eigenvalue weighted by molar-refractivity contribution is -0.385. The summed E-state index contributed by atoms with van der Waals surface area (Å²) < 4.78 is 12.1. The van der Waals surface area contributed by atoms with Crippen molar-refractivity contribution in [2.45, 2.75) is 20.1 Å². The van der Waals surface area contributed by atoms with Crippen molar-refractivity contribution in [1.29, 1.82) is 0 Å². The maximum Gasteiger partial charge on any atom is 0.276 e. The number of nitro benzene ring substituents is 1. The van der Waals surface area contributed by atoms with Crippen LogP contribution in [0, 0.1) is 10.1 Å². The Kier molecular flexibility index (Phi) is 7.79. The second-order valence-corrected chi connectivity index (χ2v) is 9.24. The van der Waals surface area contributed by atoms with E-state index in [1.807, 2.05) is 37.3 Å². The first kappa shape index (κ1) is 24.4. The molecule has 0 N–H and O–H groups in total. The first-order valence-electron chi connectivity index (χ1n) is 10.9. The van der Waals surface area contributed by atoms with Crippen LogP contribution >= 0.6 is 24.0 Å². The normalized spacial score (nSPS) is 14.4. The van der Waals surface area contributed by atoms with E-state index in [1.165, 1.54) is 17.8 Å². The molecular weight excluding hydrogens is 484 g/mol. The minimum Gasteiger partial charge on any atom is -0.490 e. The Labute approximate surface area is 212 Å². The first-order chi connectivity index (χ1) is 17.0. The van der Waals surface area contributed by atoms with Gasteiger partial charge in [-0.15, -0.1) is 0 Å². The summed E-state index contributed by atoms with van der Waals surface area (Å²) in [7, 11) is 0. The molecule has 3 aromatic carbocycles. The lowest BCUT2D eigenvalue weighted by Gasteiger charge is -2.14. The topological polar surface area (TPSA) is 81.9 Å². The van der Waals surface area contributed by atoms with E-state index in [0.29, 0.717) is 39.4 Å². The molecule has 0 aliphatic carbocycles. The van der Waals surface area contributed by atoms with Crippen LogP contribution < -0.4 is 9.47 Å². The molecule has 1 heterocycles. The molecular formula is C26H22N2O5S2. The number of benzene rings is 3. The molecule has 1 aliphatic rings. The van der Waals surface area contributed by atoms with Crippen LogP contribution in [0.1, 0.15) is 23.6 Å². The number of amides is 1. The molecule has 0 unspecified atom stereocenters. The lowest BCUT2D eigenvalue weighted by Crippen LogP contribution is -2.27. The largest absolute Gasteiger partial charge is 0.490 e. The summed E-state index contributed by atoms with van der Waals surface area (Å²) in [5, 5.41) is 11.3. The van der Waals surface area contributed by atoms with Crippen molar-refractivity contribution < 1.29 is 19.2 Å². The third kappa shape index (κ3) is 5.87. The van der Waals surface area contributed by atoms with E-state index in [2.05, 4.69) is 0 Å². The molecule has 1 fully saturated rings. The van der Waals surface area contributed by atoms with Gasteiger partial charge < -0.3 is 9.47 Å². The molecule has 4 rings (SSSR count). The van der Waals surface area contributed by atoms with Gasteiger partial charge in [0, 0.05) is 6.07 Å². The number of carbonyl (C=O) groups is 1. The molecule has 0 aromatic heterocycles. The predicted molar refractivity (Wildman–Crippen MR) is 140 cm³/mol. The zero-order chi connectivity index (χ0) is 24.8. The summed E-state index contributed by atoms with van der Waals surface area (Å²) in [4.78, 5) is 25.9. The van der Waals surface area contributed by atoms with Crippen LogP contribution in [0.4, 0.5) is 5.69 Å². The minimum absolute atomic E-state index is 0.000361. The fourth-order valence-electron chi connectivity index (χ4n) is 3.52. The number of thioether (sulfide) groups is 1. The van der Waals surface area contributed by atoms with Gasteiger partial charge in [0.15, 0.2) is 11.5 Å². The molecule has 0 saturated carbocycles. The maximum atomic E-state index is 13.0. The van der Waals surface area contributed by atoms with Crippen LogP contribution in [-0.2, 0) is 17.9 Å². The summed E-state index contributed by atoms with van der Waals surface area (Å²) in [6.45, 7) is 2.71. The van der Waals surface area contributed by atoms with Gasteiger partial charge in [0.1, 0.15) is 10.9 Å². The predicted octanol–water partition coefficient (Wildman–Crippen LogP) is 5.97. The molecule has 1 aliphatic heterocycles. The van der Waals surface area contributed by atoms with E-state index in [4.69, 9.17) is 21.7 Å². The quantitative estimate of drug-likeness (QED) is 0.153. The standard InChI is InChI=1S/C26H22N2O5S2/c1-2-32-23-14-19(12-13-22(23)33-17-20-10-6-7-11-21(20)28(30)31)15-24-25(29)27(26(34)35-24)16-18-8-4-3-5-9-18/h3-15H,2,16-17H2,1H3. The number of para-hydroxylation sites is 1. The second kappa shape index (κ2) is 11.2. The molecule has 9 heteroatoms. The summed E-state index contributed by atoms with van der Waals surface area (Å²) in [6.07, 6.45) is 1.78. The molecule has 1 amide bonds. The number of hydrogen-bond donors (Lipinski definition) is 0. The van der Waals surface area contributed by atoms with Gasteiger partial charge in [0.05, 0.1) is 28.5 Å². The Morgan fingerprint density at radius 1 is 1.03 bits per heavy atom. The van der Waals surface area contributed by atoms with Gasteiger partial charge in [-0.3, -0.25) is 19.8 Å².